The fraction of sp³-hybridized carbons (Fsp3) is 0.444. The minimum absolute atomic E-state index is 0.0214. The monoisotopic (exact) mass is 543 g/mol. The smallest absolute Gasteiger partial charge is 0.319 e. The predicted octanol–water partition coefficient (Wildman–Crippen LogP) is 5.34. The number of amides is 1. The van der Waals surface area contributed by atoms with Crippen LogP contribution < -0.4 is 10.2 Å². The molecule has 1 aromatic heterocycles. The van der Waals surface area contributed by atoms with Crippen LogP contribution in [0.2, 0.25) is 0 Å². The van der Waals surface area contributed by atoms with Crippen molar-refractivity contribution in [2.45, 2.75) is 62.2 Å². The van der Waals surface area contributed by atoms with E-state index in [1.54, 1.807) is 18.5 Å². The maximum atomic E-state index is 14.2. The van der Waals surface area contributed by atoms with Crippen LogP contribution in [0.5, 0.6) is 0 Å². The van der Waals surface area contributed by atoms with Crippen molar-refractivity contribution in [3.63, 3.8) is 0 Å². The molecular formula is C27H28F3N5O2S. The van der Waals surface area contributed by atoms with Crippen molar-refractivity contribution in [2.24, 2.45) is 7.05 Å². The number of nitrogens with one attached hydrogen (secondary N) is 1. The summed E-state index contributed by atoms with van der Waals surface area (Å²) in [5, 5.41) is 11.7. The highest BCUT2D eigenvalue weighted by atomic mass is 32.2. The third-order valence-electron chi connectivity index (χ3n) is 8.02. The Morgan fingerprint density at radius 1 is 1.18 bits per heavy atom. The van der Waals surface area contributed by atoms with Gasteiger partial charge in [0.2, 0.25) is 0 Å². The average Bonchev–Trinajstić information content (AvgIpc) is 3.60. The second-order valence-corrected chi connectivity index (χ2v) is 11.7. The Kier molecular flexibility index (Phi) is 6.08. The van der Waals surface area contributed by atoms with Crippen LogP contribution in [0.25, 0.3) is 0 Å². The average molecular weight is 544 g/mol. The summed E-state index contributed by atoms with van der Waals surface area (Å²) in [5.74, 6) is 0.284. The third-order valence-corrected chi connectivity index (χ3v) is 9.21. The molecule has 3 heterocycles. The summed E-state index contributed by atoms with van der Waals surface area (Å²) < 4.78 is 49.4. The molecule has 1 aliphatic carbocycles. The first-order valence-corrected chi connectivity index (χ1v) is 13.4. The molecule has 200 valence electrons. The molecule has 2 aliphatic heterocycles. The Morgan fingerprint density at radius 3 is 2.63 bits per heavy atom. The van der Waals surface area contributed by atoms with Crippen LogP contribution in [-0.4, -0.2) is 32.8 Å². The van der Waals surface area contributed by atoms with E-state index in [9.17, 15) is 18.0 Å². The fourth-order valence-corrected chi connectivity index (χ4v) is 6.66. The number of benzene rings is 2. The number of alkyl halides is 3. The molecule has 1 atom stereocenters. The number of anilines is 1. The van der Waals surface area contributed by atoms with Crippen molar-refractivity contribution in [1.29, 1.82) is 0 Å². The van der Waals surface area contributed by atoms with Gasteiger partial charge in [-0.2, -0.15) is 13.2 Å². The first kappa shape index (κ1) is 25.4. The Hall–Kier alpha value is -2.89. The number of aryl methyl sites for hydroxylation is 1. The van der Waals surface area contributed by atoms with Gasteiger partial charge in [0.1, 0.15) is 11.1 Å². The molecule has 7 nitrogen and oxygen atoms in total. The topological polar surface area (TPSA) is 72.3 Å². The van der Waals surface area contributed by atoms with E-state index in [0.717, 1.165) is 24.8 Å². The highest BCUT2D eigenvalue weighted by Gasteiger charge is 2.45. The number of hydrogen-bond acceptors (Lipinski definition) is 6. The van der Waals surface area contributed by atoms with Gasteiger partial charge in [-0.3, -0.25) is 4.79 Å². The van der Waals surface area contributed by atoms with Crippen LogP contribution in [-0.2, 0) is 35.2 Å². The summed E-state index contributed by atoms with van der Waals surface area (Å²) in [7, 11) is 1.86. The van der Waals surface area contributed by atoms with Gasteiger partial charge in [0.05, 0.1) is 18.7 Å². The Bertz CT molecular complexity index is 1400. The SMILES string of the molecule is Cn1cnnc1C1(c2cccc(N3Cc4c(cc(CNC5(C)CCC5)cc4C(F)(F)F)C3=O)c2)CCOS1. The predicted molar refractivity (Wildman–Crippen MR) is 137 cm³/mol. The summed E-state index contributed by atoms with van der Waals surface area (Å²) >= 11 is 1.29. The second-order valence-electron chi connectivity index (χ2n) is 10.6. The van der Waals surface area contributed by atoms with Gasteiger partial charge in [-0.1, -0.05) is 12.1 Å². The van der Waals surface area contributed by atoms with Crippen LogP contribution in [0.15, 0.2) is 42.7 Å². The van der Waals surface area contributed by atoms with Crippen molar-refractivity contribution in [1.82, 2.24) is 20.1 Å². The highest BCUT2D eigenvalue weighted by molar-refractivity contribution is 7.96. The molecule has 2 fully saturated rings. The molecule has 6 rings (SSSR count). The van der Waals surface area contributed by atoms with E-state index in [1.807, 2.05) is 29.8 Å². The third kappa shape index (κ3) is 4.20. The van der Waals surface area contributed by atoms with E-state index >= 15 is 0 Å². The lowest BCUT2D eigenvalue weighted by atomic mass is 9.78. The molecule has 2 aromatic carbocycles. The van der Waals surface area contributed by atoms with E-state index in [-0.39, 0.29) is 29.8 Å². The van der Waals surface area contributed by atoms with Crippen molar-refractivity contribution in [3.8, 4) is 0 Å². The molecule has 3 aromatic rings. The summed E-state index contributed by atoms with van der Waals surface area (Å²) in [4.78, 5) is 15.0. The molecule has 1 saturated carbocycles. The van der Waals surface area contributed by atoms with Gasteiger partial charge in [0, 0.05) is 48.8 Å². The van der Waals surface area contributed by atoms with Gasteiger partial charge >= 0.3 is 6.18 Å². The number of hydrogen-bond donors (Lipinski definition) is 1. The Balaban J connectivity index is 1.35. The molecule has 0 radical (unpaired) electrons. The largest absolute Gasteiger partial charge is 0.416 e. The number of aromatic nitrogens is 3. The number of carbonyl (C=O) groups is 1. The van der Waals surface area contributed by atoms with Crippen LogP contribution in [0.1, 0.15) is 71.0 Å². The molecule has 1 saturated heterocycles. The Labute approximate surface area is 223 Å². The fourth-order valence-electron chi connectivity index (χ4n) is 5.64. The minimum Gasteiger partial charge on any atom is -0.319 e. The van der Waals surface area contributed by atoms with Gasteiger partial charge in [-0.15, -0.1) is 10.2 Å². The van der Waals surface area contributed by atoms with Crippen LogP contribution in [0.3, 0.4) is 0 Å². The zero-order chi connectivity index (χ0) is 26.7. The number of nitrogens with zero attached hydrogens (tertiary/aromatic N) is 4. The quantitative estimate of drug-likeness (QED) is 0.424. The Morgan fingerprint density at radius 2 is 2.00 bits per heavy atom. The van der Waals surface area contributed by atoms with Crippen LogP contribution in [0, 0.1) is 0 Å². The lowest BCUT2D eigenvalue weighted by Gasteiger charge is -2.39. The van der Waals surface area contributed by atoms with E-state index < -0.39 is 22.4 Å². The van der Waals surface area contributed by atoms with Gasteiger partial charge in [-0.05, 0) is 67.1 Å². The van der Waals surface area contributed by atoms with Crippen molar-refractivity contribution in [3.05, 3.63) is 76.4 Å². The second kappa shape index (κ2) is 9.10. The number of rotatable bonds is 6. The molecule has 38 heavy (non-hydrogen) atoms. The van der Waals surface area contributed by atoms with Gasteiger partial charge in [0.25, 0.3) is 5.91 Å². The van der Waals surface area contributed by atoms with E-state index in [0.29, 0.717) is 30.1 Å². The highest BCUT2D eigenvalue weighted by Crippen LogP contribution is 2.50. The number of carbonyl (C=O) groups excluding carboxylic acids is 1. The molecule has 0 bridgehead atoms. The van der Waals surface area contributed by atoms with Crippen LogP contribution in [0.4, 0.5) is 18.9 Å². The van der Waals surface area contributed by atoms with E-state index in [1.165, 1.54) is 23.0 Å². The normalized spacial score (nSPS) is 22.6. The van der Waals surface area contributed by atoms with Gasteiger partial charge in [0.15, 0.2) is 5.82 Å². The van der Waals surface area contributed by atoms with Crippen molar-refractivity contribution < 1.29 is 22.1 Å². The standard InChI is InChI=1S/C27H28F3N5O2S/c1-25(7-4-8-25)31-14-17-11-20-21(22(12-17)27(28,29)30)15-35(23(20)36)19-6-3-5-18(13-19)26(9-10-37-38-26)24-33-32-16-34(24)2/h3,5-6,11-13,16,31H,4,7-10,14-15H2,1-2H3. The lowest BCUT2D eigenvalue weighted by molar-refractivity contribution is -0.138. The maximum Gasteiger partial charge on any atom is 0.416 e. The minimum atomic E-state index is -4.56. The van der Waals surface area contributed by atoms with Crippen molar-refractivity contribution in [2.75, 3.05) is 11.5 Å². The zero-order valence-electron chi connectivity index (χ0n) is 21.1. The molecular weight excluding hydrogens is 515 g/mol. The molecule has 1 amide bonds. The summed E-state index contributed by atoms with van der Waals surface area (Å²) in [6.45, 7) is 2.74. The molecule has 1 unspecified atom stereocenters. The maximum absolute atomic E-state index is 14.2. The molecule has 3 aliphatic rings. The van der Waals surface area contributed by atoms with Gasteiger partial charge < -0.3 is 19.0 Å². The molecule has 0 spiro atoms. The van der Waals surface area contributed by atoms with Crippen LogP contribution >= 0.6 is 12.0 Å². The first-order valence-electron chi connectivity index (χ1n) is 12.7. The van der Waals surface area contributed by atoms with Gasteiger partial charge in [-0.25, -0.2) is 0 Å². The van der Waals surface area contributed by atoms with Crippen molar-refractivity contribution >= 4 is 23.6 Å². The summed E-state index contributed by atoms with van der Waals surface area (Å²) in [5.41, 5.74) is 1.19. The summed E-state index contributed by atoms with van der Waals surface area (Å²) in [6, 6.07) is 10.2. The van der Waals surface area contributed by atoms with E-state index in [4.69, 9.17) is 4.18 Å². The molecule has 11 heteroatoms. The van der Waals surface area contributed by atoms with E-state index in [2.05, 4.69) is 22.4 Å². The first-order chi connectivity index (χ1) is 18.1. The zero-order valence-corrected chi connectivity index (χ0v) is 22.0. The molecule has 1 N–H and O–H groups in total. The lowest BCUT2D eigenvalue weighted by Crippen LogP contribution is -2.47. The summed E-state index contributed by atoms with van der Waals surface area (Å²) in [6.07, 6.45) is 0.799. The number of halogens is 3. The number of fused-ring (bicyclic) bond motifs is 1.